The number of carbonyl (C=O) groups excluding carboxylic acids is 2. The van der Waals surface area contributed by atoms with Crippen molar-refractivity contribution < 1.29 is 19.1 Å². The summed E-state index contributed by atoms with van der Waals surface area (Å²) < 4.78 is 10.4. The molecule has 0 aliphatic carbocycles. The molecule has 0 bridgehead atoms. The number of anilines is 1. The fraction of sp³-hybridized carbons (Fsp3) is 0.182. The minimum atomic E-state index is -0.338. The van der Waals surface area contributed by atoms with Crippen LogP contribution < -0.4 is 20.1 Å². The summed E-state index contributed by atoms with van der Waals surface area (Å²) >= 11 is 0. The van der Waals surface area contributed by atoms with Gasteiger partial charge in [0, 0.05) is 6.07 Å². The molecule has 0 spiro atoms. The lowest BCUT2D eigenvalue weighted by molar-refractivity contribution is -0.123. The number of ether oxygens (including phenoxy) is 2. The van der Waals surface area contributed by atoms with Crippen LogP contribution in [0.2, 0.25) is 0 Å². The van der Waals surface area contributed by atoms with E-state index < -0.39 is 0 Å². The first-order valence-electron chi connectivity index (χ1n) is 8.86. The highest BCUT2D eigenvalue weighted by molar-refractivity contribution is 5.96. The molecule has 3 rings (SSSR count). The Morgan fingerprint density at radius 1 is 0.893 bits per heavy atom. The summed E-state index contributed by atoms with van der Waals surface area (Å²) in [4.78, 5) is 24.5. The SMILES string of the molecule is COc1ccc(NC(=O)CNC(=O)Cc2cccc3ccccc23)c(OC)c1. The van der Waals surface area contributed by atoms with Crippen LogP contribution in [0.5, 0.6) is 11.5 Å². The number of benzene rings is 3. The van der Waals surface area contributed by atoms with Gasteiger partial charge in [-0.3, -0.25) is 9.59 Å². The van der Waals surface area contributed by atoms with Crippen molar-refractivity contribution in [3.8, 4) is 11.5 Å². The van der Waals surface area contributed by atoms with Crippen LogP contribution in [0.15, 0.2) is 60.7 Å². The fourth-order valence-corrected chi connectivity index (χ4v) is 2.96. The predicted molar refractivity (Wildman–Crippen MR) is 109 cm³/mol. The normalized spacial score (nSPS) is 10.4. The van der Waals surface area contributed by atoms with E-state index in [1.54, 1.807) is 25.3 Å². The molecule has 0 aliphatic rings. The van der Waals surface area contributed by atoms with E-state index in [9.17, 15) is 9.59 Å². The van der Waals surface area contributed by atoms with Crippen LogP contribution in [-0.4, -0.2) is 32.6 Å². The number of hydrogen-bond acceptors (Lipinski definition) is 4. The van der Waals surface area contributed by atoms with Gasteiger partial charge in [-0.1, -0.05) is 42.5 Å². The lowest BCUT2D eigenvalue weighted by Gasteiger charge is -2.12. The third-order valence-electron chi connectivity index (χ3n) is 4.36. The monoisotopic (exact) mass is 378 g/mol. The van der Waals surface area contributed by atoms with Gasteiger partial charge in [-0.05, 0) is 28.5 Å². The molecule has 0 saturated heterocycles. The zero-order chi connectivity index (χ0) is 19.9. The Balaban J connectivity index is 1.58. The van der Waals surface area contributed by atoms with Gasteiger partial charge in [-0.2, -0.15) is 0 Å². The average molecular weight is 378 g/mol. The van der Waals surface area contributed by atoms with Crippen molar-refractivity contribution in [1.29, 1.82) is 0 Å². The zero-order valence-corrected chi connectivity index (χ0v) is 15.8. The number of fused-ring (bicyclic) bond motifs is 1. The third-order valence-corrected chi connectivity index (χ3v) is 4.36. The van der Waals surface area contributed by atoms with Crippen LogP contribution >= 0.6 is 0 Å². The molecular weight excluding hydrogens is 356 g/mol. The Morgan fingerprint density at radius 3 is 2.46 bits per heavy atom. The Labute approximate surface area is 163 Å². The maximum atomic E-state index is 12.3. The topological polar surface area (TPSA) is 76.7 Å². The average Bonchev–Trinajstić information content (AvgIpc) is 2.73. The summed E-state index contributed by atoms with van der Waals surface area (Å²) in [6, 6.07) is 18.8. The molecule has 0 fully saturated rings. The summed E-state index contributed by atoms with van der Waals surface area (Å²) in [6.07, 6.45) is 0.209. The molecule has 3 aromatic rings. The number of rotatable bonds is 7. The molecule has 0 atom stereocenters. The van der Waals surface area contributed by atoms with Gasteiger partial charge >= 0.3 is 0 Å². The lowest BCUT2D eigenvalue weighted by Crippen LogP contribution is -2.33. The molecule has 6 nitrogen and oxygen atoms in total. The van der Waals surface area contributed by atoms with Crippen LogP contribution in [0.1, 0.15) is 5.56 Å². The van der Waals surface area contributed by atoms with Gasteiger partial charge in [0.25, 0.3) is 0 Å². The van der Waals surface area contributed by atoms with Gasteiger partial charge < -0.3 is 20.1 Å². The second kappa shape index (κ2) is 8.90. The summed E-state index contributed by atoms with van der Waals surface area (Å²) in [5.74, 6) is 0.552. The molecule has 0 aliphatic heterocycles. The van der Waals surface area contributed by atoms with Crippen molar-refractivity contribution in [2.75, 3.05) is 26.1 Å². The highest BCUT2D eigenvalue weighted by Gasteiger charge is 2.11. The molecule has 0 saturated carbocycles. The van der Waals surface area contributed by atoms with Crippen LogP contribution in [0.25, 0.3) is 10.8 Å². The van der Waals surface area contributed by atoms with Gasteiger partial charge in [0.05, 0.1) is 32.9 Å². The van der Waals surface area contributed by atoms with E-state index in [4.69, 9.17) is 9.47 Å². The Bertz CT molecular complexity index is 995. The van der Waals surface area contributed by atoms with E-state index in [0.29, 0.717) is 17.2 Å². The number of nitrogens with one attached hydrogen (secondary N) is 2. The second-order valence-electron chi connectivity index (χ2n) is 6.21. The molecule has 144 valence electrons. The van der Waals surface area contributed by atoms with E-state index in [2.05, 4.69) is 10.6 Å². The highest BCUT2D eigenvalue weighted by atomic mass is 16.5. The van der Waals surface area contributed by atoms with Gasteiger partial charge in [0.1, 0.15) is 11.5 Å². The minimum Gasteiger partial charge on any atom is -0.497 e. The molecule has 0 aromatic heterocycles. The first kappa shape index (κ1) is 19.2. The Kier molecular flexibility index (Phi) is 6.11. The third kappa shape index (κ3) is 4.59. The van der Waals surface area contributed by atoms with Crippen molar-refractivity contribution in [2.24, 2.45) is 0 Å². The minimum absolute atomic E-state index is 0.126. The largest absolute Gasteiger partial charge is 0.497 e. The van der Waals surface area contributed by atoms with Gasteiger partial charge in [0.15, 0.2) is 0 Å². The Morgan fingerprint density at radius 2 is 1.68 bits per heavy atom. The van der Waals surface area contributed by atoms with Crippen molar-refractivity contribution in [3.05, 3.63) is 66.2 Å². The van der Waals surface area contributed by atoms with E-state index in [0.717, 1.165) is 16.3 Å². The summed E-state index contributed by atoms with van der Waals surface area (Å²) in [6.45, 7) is -0.126. The quantitative estimate of drug-likeness (QED) is 0.662. The van der Waals surface area contributed by atoms with Crippen molar-refractivity contribution in [2.45, 2.75) is 6.42 Å². The van der Waals surface area contributed by atoms with Crippen molar-refractivity contribution in [1.82, 2.24) is 5.32 Å². The summed E-state index contributed by atoms with van der Waals surface area (Å²) in [7, 11) is 3.06. The first-order valence-corrected chi connectivity index (χ1v) is 8.86. The van der Waals surface area contributed by atoms with Gasteiger partial charge in [-0.25, -0.2) is 0 Å². The first-order chi connectivity index (χ1) is 13.6. The van der Waals surface area contributed by atoms with E-state index in [1.807, 2.05) is 42.5 Å². The molecule has 0 heterocycles. The molecule has 2 amide bonds. The van der Waals surface area contributed by atoms with Crippen molar-refractivity contribution >= 4 is 28.3 Å². The zero-order valence-electron chi connectivity index (χ0n) is 15.8. The molecule has 3 aromatic carbocycles. The fourth-order valence-electron chi connectivity index (χ4n) is 2.96. The van der Waals surface area contributed by atoms with Crippen molar-refractivity contribution in [3.63, 3.8) is 0 Å². The standard InChI is InChI=1S/C22H22N2O4/c1-27-17-10-11-19(20(13-17)28-2)24-22(26)14-23-21(25)12-16-8-5-7-15-6-3-4-9-18(15)16/h3-11,13H,12,14H2,1-2H3,(H,23,25)(H,24,26). The summed E-state index contributed by atoms with van der Waals surface area (Å²) in [5, 5.41) is 7.50. The molecule has 6 heteroatoms. The molecule has 0 radical (unpaired) electrons. The molecule has 2 N–H and O–H groups in total. The Hall–Kier alpha value is -3.54. The molecule has 0 unspecified atom stereocenters. The second-order valence-corrected chi connectivity index (χ2v) is 6.21. The number of hydrogen-bond donors (Lipinski definition) is 2. The van der Waals surface area contributed by atoms with E-state index in [-0.39, 0.29) is 24.8 Å². The van der Waals surface area contributed by atoms with Crippen LogP contribution in [-0.2, 0) is 16.0 Å². The van der Waals surface area contributed by atoms with E-state index >= 15 is 0 Å². The van der Waals surface area contributed by atoms with Crippen LogP contribution in [0, 0.1) is 0 Å². The maximum absolute atomic E-state index is 12.3. The van der Waals surface area contributed by atoms with E-state index in [1.165, 1.54) is 7.11 Å². The van der Waals surface area contributed by atoms with Gasteiger partial charge in [0.2, 0.25) is 11.8 Å². The summed E-state index contributed by atoms with van der Waals surface area (Å²) in [5.41, 5.74) is 1.43. The van der Waals surface area contributed by atoms with Crippen LogP contribution in [0.4, 0.5) is 5.69 Å². The number of methoxy groups -OCH3 is 2. The number of carbonyl (C=O) groups is 2. The highest BCUT2D eigenvalue weighted by Crippen LogP contribution is 2.28. The van der Waals surface area contributed by atoms with Crippen LogP contribution in [0.3, 0.4) is 0 Å². The number of amides is 2. The molecular formula is C22H22N2O4. The maximum Gasteiger partial charge on any atom is 0.243 e. The van der Waals surface area contributed by atoms with Gasteiger partial charge in [-0.15, -0.1) is 0 Å². The predicted octanol–water partition coefficient (Wildman–Crippen LogP) is 3.15. The molecule has 28 heavy (non-hydrogen) atoms. The lowest BCUT2D eigenvalue weighted by atomic mass is 10.0. The smallest absolute Gasteiger partial charge is 0.243 e.